The van der Waals surface area contributed by atoms with E-state index in [4.69, 9.17) is 4.98 Å². The second-order valence-corrected chi connectivity index (χ2v) is 6.45. The van der Waals surface area contributed by atoms with Crippen molar-refractivity contribution in [3.63, 3.8) is 0 Å². The Morgan fingerprint density at radius 1 is 1.22 bits per heavy atom. The number of rotatable bonds is 5. The molecule has 98 valence electrons. The van der Waals surface area contributed by atoms with Crippen molar-refractivity contribution in [2.24, 2.45) is 0 Å². The van der Waals surface area contributed by atoms with Crippen molar-refractivity contribution in [1.82, 2.24) is 15.2 Å². The minimum absolute atomic E-state index is 0.420. The highest BCUT2D eigenvalue weighted by Crippen LogP contribution is 2.37. The minimum atomic E-state index is 0.420. The molecule has 18 heavy (non-hydrogen) atoms. The van der Waals surface area contributed by atoms with Crippen LogP contribution in [0.25, 0.3) is 9.88 Å². The third-order valence-corrected chi connectivity index (χ3v) is 4.77. The molecule has 0 aromatic carbocycles. The van der Waals surface area contributed by atoms with Gasteiger partial charge in [-0.2, -0.15) is 0 Å². The van der Waals surface area contributed by atoms with E-state index < -0.39 is 0 Å². The van der Waals surface area contributed by atoms with Crippen LogP contribution in [0.4, 0.5) is 5.13 Å². The molecule has 0 bridgehead atoms. The highest BCUT2D eigenvalue weighted by Gasteiger charge is 2.18. The van der Waals surface area contributed by atoms with Gasteiger partial charge in [0.1, 0.15) is 0 Å². The van der Waals surface area contributed by atoms with E-state index in [1.165, 1.54) is 9.88 Å². The molecular formula is C12H18N4S2. The summed E-state index contributed by atoms with van der Waals surface area (Å²) in [6.07, 6.45) is 2.17. The molecule has 0 aliphatic heterocycles. The Kier molecular flexibility index (Phi) is 4.29. The molecule has 6 heteroatoms. The van der Waals surface area contributed by atoms with E-state index in [1.807, 2.05) is 7.05 Å². The van der Waals surface area contributed by atoms with Crippen LogP contribution in [0.3, 0.4) is 0 Å². The summed E-state index contributed by atoms with van der Waals surface area (Å²) in [7, 11) is 1.86. The van der Waals surface area contributed by atoms with Crippen LogP contribution in [0, 0.1) is 0 Å². The van der Waals surface area contributed by atoms with E-state index in [1.54, 1.807) is 22.7 Å². The first-order chi connectivity index (χ1) is 8.65. The fourth-order valence-corrected chi connectivity index (χ4v) is 3.75. The second kappa shape index (κ2) is 5.75. The third-order valence-electron chi connectivity index (χ3n) is 2.54. The zero-order valence-electron chi connectivity index (χ0n) is 11.1. The molecule has 0 amide bonds. The van der Waals surface area contributed by atoms with Gasteiger partial charge in [-0.25, -0.2) is 4.98 Å². The molecule has 4 nitrogen and oxygen atoms in total. The average Bonchev–Trinajstić information content (AvgIpc) is 2.94. The van der Waals surface area contributed by atoms with Crippen LogP contribution in [0.15, 0.2) is 0 Å². The Balaban J connectivity index is 2.41. The first-order valence-electron chi connectivity index (χ1n) is 6.16. The van der Waals surface area contributed by atoms with Gasteiger partial charge >= 0.3 is 0 Å². The number of nitrogens with one attached hydrogen (secondary N) is 1. The monoisotopic (exact) mass is 282 g/mol. The summed E-state index contributed by atoms with van der Waals surface area (Å²) in [4.78, 5) is 5.94. The molecule has 1 N–H and O–H groups in total. The Morgan fingerprint density at radius 3 is 2.56 bits per heavy atom. The summed E-state index contributed by atoms with van der Waals surface area (Å²) in [6, 6.07) is 0. The zero-order chi connectivity index (χ0) is 13.1. The molecule has 2 aromatic heterocycles. The molecule has 0 aliphatic carbocycles. The van der Waals surface area contributed by atoms with Gasteiger partial charge in [-0.1, -0.05) is 32.1 Å². The van der Waals surface area contributed by atoms with Gasteiger partial charge in [0.15, 0.2) is 5.01 Å². The highest BCUT2D eigenvalue weighted by molar-refractivity contribution is 7.23. The minimum Gasteiger partial charge on any atom is -0.363 e. The van der Waals surface area contributed by atoms with Crippen molar-refractivity contribution >= 4 is 27.8 Å². The maximum Gasteiger partial charge on any atom is 0.205 e. The lowest BCUT2D eigenvalue weighted by molar-refractivity contribution is 0.813. The van der Waals surface area contributed by atoms with Crippen molar-refractivity contribution < 1.29 is 0 Å². The van der Waals surface area contributed by atoms with Crippen molar-refractivity contribution in [3.8, 4) is 9.88 Å². The number of hydrogen-bond donors (Lipinski definition) is 1. The van der Waals surface area contributed by atoms with Crippen molar-refractivity contribution in [3.05, 3.63) is 10.7 Å². The summed E-state index contributed by atoms with van der Waals surface area (Å²) in [5.74, 6) is 0.420. The van der Waals surface area contributed by atoms with E-state index in [-0.39, 0.29) is 0 Å². The maximum absolute atomic E-state index is 4.75. The molecule has 2 rings (SSSR count). The van der Waals surface area contributed by atoms with Gasteiger partial charge in [0.25, 0.3) is 0 Å². The van der Waals surface area contributed by atoms with Gasteiger partial charge in [-0.3, -0.25) is 0 Å². The van der Waals surface area contributed by atoms with Crippen LogP contribution in [-0.2, 0) is 6.42 Å². The molecule has 0 atom stereocenters. The lowest BCUT2D eigenvalue weighted by Gasteiger charge is -2.01. The number of anilines is 1. The van der Waals surface area contributed by atoms with Gasteiger partial charge in [0.2, 0.25) is 5.13 Å². The number of thiazole rings is 1. The topological polar surface area (TPSA) is 50.7 Å². The average molecular weight is 282 g/mol. The van der Waals surface area contributed by atoms with Crippen molar-refractivity contribution in [2.75, 3.05) is 12.4 Å². The van der Waals surface area contributed by atoms with Crippen molar-refractivity contribution in [1.29, 1.82) is 0 Å². The Hall–Kier alpha value is -1.01. The van der Waals surface area contributed by atoms with Crippen LogP contribution < -0.4 is 5.32 Å². The normalized spacial score (nSPS) is 11.2. The Labute approximate surface area is 116 Å². The van der Waals surface area contributed by atoms with Gasteiger partial charge in [-0.15, -0.1) is 21.5 Å². The summed E-state index contributed by atoms with van der Waals surface area (Å²) in [5.41, 5.74) is 1.15. The predicted molar refractivity (Wildman–Crippen MR) is 78.6 cm³/mol. The fourth-order valence-electron chi connectivity index (χ4n) is 1.66. The molecular weight excluding hydrogens is 264 g/mol. The van der Waals surface area contributed by atoms with Crippen LogP contribution in [0.1, 0.15) is 43.8 Å². The molecule has 0 unspecified atom stereocenters. The smallest absolute Gasteiger partial charge is 0.205 e. The molecule has 0 saturated carbocycles. The molecule has 0 fully saturated rings. The summed E-state index contributed by atoms with van der Waals surface area (Å²) in [5, 5.41) is 14.4. The number of aryl methyl sites for hydroxylation is 1. The number of aromatic nitrogens is 3. The first-order valence-corrected chi connectivity index (χ1v) is 7.80. The van der Waals surface area contributed by atoms with Gasteiger partial charge in [0, 0.05) is 7.05 Å². The molecule has 2 heterocycles. The highest BCUT2D eigenvalue weighted by atomic mass is 32.1. The lowest BCUT2D eigenvalue weighted by Crippen LogP contribution is -1.91. The second-order valence-electron chi connectivity index (χ2n) is 4.39. The maximum atomic E-state index is 4.75. The van der Waals surface area contributed by atoms with E-state index in [2.05, 4.69) is 36.3 Å². The van der Waals surface area contributed by atoms with Gasteiger partial charge < -0.3 is 5.32 Å². The van der Waals surface area contributed by atoms with E-state index in [0.29, 0.717) is 5.92 Å². The molecule has 0 radical (unpaired) electrons. The number of hydrogen-bond acceptors (Lipinski definition) is 6. The third kappa shape index (κ3) is 2.70. The van der Waals surface area contributed by atoms with Crippen LogP contribution in [-0.4, -0.2) is 22.2 Å². The fraction of sp³-hybridized carbons (Fsp3) is 0.583. The molecule has 0 aliphatic rings. The number of nitrogens with zero attached hydrogens (tertiary/aromatic N) is 3. The van der Waals surface area contributed by atoms with E-state index >= 15 is 0 Å². The summed E-state index contributed by atoms with van der Waals surface area (Å²) >= 11 is 3.34. The van der Waals surface area contributed by atoms with Gasteiger partial charge in [0.05, 0.1) is 15.6 Å². The Morgan fingerprint density at radius 2 is 2.00 bits per heavy atom. The zero-order valence-corrected chi connectivity index (χ0v) is 12.8. The predicted octanol–water partition coefficient (Wildman–Crippen LogP) is 3.78. The first kappa shape index (κ1) is 13.4. The summed E-state index contributed by atoms with van der Waals surface area (Å²) < 4.78 is 0. The largest absolute Gasteiger partial charge is 0.363 e. The Bertz CT molecular complexity index is 516. The molecule has 0 spiro atoms. The quantitative estimate of drug-likeness (QED) is 0.906. The lowest BCUT2D eigenvalue weighted by atomic mass is 10.1. The van der Waals surface area contributed by atoms with Crippen LogP contribution >= 0.6 is 22.7 Å². The standard InChI is InChI=1S/C12H18N4S2/c1-5-6-8-14-9(7(2)3)10(17-8)11-15-16-12(13-4)18-11/h7H,5-6H2,1-4H3,(H,13,16). The van der Waals surface area contributed by atoms with Crippen LogP contribution in [0.2, 0.25) is 0 Å². The summed E-state index contributed by atoms with van der Waals surface area (Å²) in [6.45, 7) is 6.53. The molecule has 0 saturated heterocycles. The SMILES string of the molecule is CCCc1nc(C(C)C)c(-c2nnc(NC)s2)s1. The van der Waals surface area contributed by atoms with E-state index in [0.717, 1.165) is 28.7 Å². The van der Waals surface area contributed by atoms with Crippen molar-refractivity contribution in [2.45, 2.75) is 39.5 Å². The van der Waals surface area contributed by atoms with Crippen LogP contribution in [0.5, 0.6) is 0 Å². The molecule has 2 aromatic rings. The van der Waals surface area contributed by atoms with E-state index in [9.17, 15) is 0 Å². The van der Waals surface area contributed by atoms with Gasteiger partial charge in [-0.05, 0) is 18.8 Å².